The first-order chi connectivity index (χ1) is 10.5. The first-order valence-electron chi connectivity index (χ1n) is 6.58. The summed E-state index contributed by atoms with van der Waals surface area (Å²) in [4.78, 5) is 27.8. The molecule has 0 saturated heterocycles. The van der Waals surface area contributed by atoms with Crippen LogP contribution in [0.25, 0.3) is 0 Å². The van der Waals surface area contributed by atoms with Crippen LogP contribution in [0.2, 0.25) is 0 Å². The lowest BCUT2D eigenvalue weighted by Crippen LogP contribution is -2.27. The van der Waals surface area contributed by atoms with Crippen LogP contribution in [-0.2, 0) is 11.3 Å². The molecule has 2 rings (SSSR count). The van der Waals surface area contributed by atoms with Gasteiger partial charge in [0.2, 0.25) is 5.91 Å². The number of nitrogens with one attached hydrogen (secondary N) is 1. The molecule has 0 spiro atoms. The Bertz CT molecular complexity index is 740. The minimum atomic E-state index is -0.351. The highest BCUT2D eigenvalue weighted by Crippen LogP contribution is 2.28. The number of carbonyl (C=O) groups is 1. The first-order valence-corrected chi connectivity index (χ1v) is 6.58. The Hall–Kier alpha value is -2.83. The van der Waals surface area contributed by atoms with E-state index in [1.54, 1.807) is 32.2 Å². The number of methoxy groups -OCH3 is 2. The van der Waals surface area contributed by atoms with Gasteiger partial charge in [0.15, 0.2) is 0 Å². The number of nitrogens with zero attached hydrogens (tertiary/aromatic N) is 2. The molecule has 1 heterocycles. The molecule has 22 heavy (non-hydrogen) atoms. The number of carbonyl (C=O) groups excluding carboxylic acids is 1. The zero-order chi connectivity index (χ0) is 16.1. The predicted molar refractivity (Wildman–Crippen MR) is 81.4 cm³/mol. The largest absolute Gasteiger partial charge is 0.497 e. The van der Waals surface area contributed by atoms with E-state index in [9.17, 15) is 9.59 Å². The standard InChI is InChI=1S/C15H17N3O4/c1-10-6-15(20)18(9-16-10)8-14(19)17-12-5-4-11(21-2)7-13(12)22-3/h4-7,9H,8H2,1-3H3,(H,17,19). The summed E-state index contributed by atoms with van der Waals surface area (Å²) < 4.78 is 11.5. The van der Waals surface area contributed by atoms with E-state index >= 15 is 0 Å². The quantitative estimate of drug-likeness (QED) is 0.897. The van der Waals surface area contributed by atoms with Crippen molar-refractivity contribution in [2.45, 2.75) is 13.5 Å². The van der Waals surface area contributed by atoms with Crippen LogP contribution in [-0.4, -0.2) is 29.7 Å². The minimum absolute atomic E-state index is 0.124. The number of amides is 1. The number of ether oxygens (including phenoxy) is 2. The second-order valence-corrected chi connectivity index (χ2v) is 4.61. The van der Waals surface area contributed by atoms with Gasteiger partial charge in [0.05, 0.1) is 26.2 Å². The number of rotatable bonds is 5. The highest BCUT2D eigenvalue weighted by Gasteiger charge is 2.10. The van der Waals surface area contributed by atoms with Crippen molar-refractivity contribution in [1.29, 1.82) is 0 Å². The van der Waals surface area contributed by atoms with E-state index in [4.69, 9.17) is 9.47 Å². The van der Waals surface area contributed by atoms with E-state index in [-0.39, 0.29) is 18.0 Å². The van der Waals surface area contributed by atoms with Crippen molar-refractivity contribution in [3.8, 4) is 11.5 Å². The van der Waals surface area contributed by atoms with E-state index in [0.717, 1.165) is 0 Å². The lowest BCUT2D eigenvalue weighted by atomic mass is 10.2. The summed E-state index contributed by atoms with van der Waals surface area (Å²) in [6.07, 6.45) is 1.35. The summed E-state index contributed by atoms with van der Waals surface area (Å²) in [7, 11) is 3.04. The van der Waals surface area contributed by atoms with Gasteiger partial charge in [-0.05, 0) is 19.1 Å². The number of anilines is 1. The van der Waals surface area contributed by atoms with Gasteiger partial charge < -0.3 is 14.8 Å². The van der Waals surface area contributed by atoms with Crippen molar-refractivity contribution in [3.63, 3.8) is 0 Å². The van der Waals surface area contributed by atoms with Crippen molar-refractivity contribution in [1.82, 2.24) is 9.55 Å². The maximum absolute atomic E-state index is 12.1. The van der Waals surface area contributed by atoms with Crippen LogP contribution in [0.5, 0.6) is 11.5 Å². The van der Waals surface area contributed by atoms with Crippen LogP contribution >= 0.6 is 0 Å². The summed E-state index contributed by atoms with van der Waals surface area (Å²) in [5, 5.41) is 2.70. The molecule has 0 fully saturated rings. The third kappa shape index (κ3) is 3.63. The molecule has 2 aromatic rings. The Kier molecular flexibility index (Phi) is 4.77. The molecule has 0 atom stereocenters. The Morgan fingerprint density at radius 1 is 1.27 bits per heavy atom. The third-order valence-electron chi connectivity index (χ3n) is 3.01. The van der Waals surface area contributed by atoms with Gasteiger partial charge >= 0.3 is 0 Å². The van der Waals surface area contributed by atoms with Crippen LogP contribution in [0.3, 0.4) is 0 Å². The maximum atomic E-state index is 12.1. The van der Waals surface area contributed by atoms with Crippen molar-refractivity contribution >= 4 is 11.6 Å². The van der Waals surface area contributed by atoms with Crippen LogP contribution in [0, 0.1) is 6.92 Å². The lowest BCUT2D eigenvalue weighted by Gasteiger charge is -2.12. The monoisotopic (exact) mass is 303 g/mol. The fraction of sp³-hybridized carbons (Fsp3) is 0.267. The molecular weight excluding hydrogens is 286 g/mol. The van der Waals surface area contributed by atoms with Crippen LogP contribution in [0.4, 0.5) is 5.69 Å². The van der Waals surface area contributed by atoms with Crippen molar-refractivity contribution in [3.05, 3.63) is 46.6 Å². The van der Waals surface area contributed by atoms with Crippen molar-refractivity contribution in [2.75, 3.05) is 19.5 Å². The van der Waals surface area contributed by atoms with Crippen LogP contribution < -0.4 is 20.3 Å². The molecular formula is C15H17N3O4. The number of hydrogen-bond donors (Lipinski definition) is 1. The molecule has 1 aromatic heterocycles. The fourth-order valence-electron chi connectivity index (χ4n) is 1.88. The molecule has 1 N–H and O–H groups in total. The smallest absolute Gasteiger partial charge is 0.253 e. The van der Waals surface area contributed by atoms with Gasteiger partial charge in [-0.2, -0.15) is 0 Å². The number of aryl methyl sites for hydroxylation is 1. The van der Waals surface area contributed by atoms with Gasteiger partial charge in [-0.3, -0.25) is 14.2 Å². The van der Waals surface area contributed by atoms with Gasteiger partial charge in [0.25, 0.3) is 5.56 Å². The summed E-state index contributed by atoms with van der Waals surface area (Å²) >= 11 is 0. The highest BCUT2D eigenvalue weighted by molar-refractivity contribution is 5.92. The number of hydrogen-bond acceptors (Lipinski definition) is 5. The lowest BCUT2D eigenvalue weighted by molar-refractivity contribution is -0.116. The first kappa shape index (κ1) is 15.6. The molecule has 0 aliphatic heterocycles. The fourth-order valence-corrected chi connectivity index (χ4v) is 1.88. The predicted octanol–water partition coefficient (Wildman–Crippen LogP) is 1.21. The topological polar surface area (TPSA) is 82.5 Å². The summed E-state index contributed by atoms with van der Waals surface area (Å²) in [6, 6.07) is 6.42. The summed E-state index contributed by atoms with van der Waals surface area (Å²) in [5.74, 6) is 0.743. The third-order valence-corrected chi connectivity index (χ3v) is 3.01. The molecule has 7 nitrogen and oxygen atoms in total. The van der Waals surface area contributed by atoms with Crippen LogP contribution in [0.1, 0.15) is 5.69 Å². The SMILES string of the molecule is COc1ccc(NC(=O)Cn2cnc(C)cc2=O)c(OC)c1. The molecule has 7 heteroatoms. The molecule has 0 bridgehead atoms. The summed E-state index contributed by atoms with van der Waals surface area (Å²) in [5.41, 5.74) is 0.837. The maximum Gasteiger partial charge on any atom is 0.253 e. The van der Waals surface area contributed by atoms with Crippen molar-refractivity contribution in [2.24, 2.45) is 0 Å². The zero-order valence-corrected chi connectivity index (χ0v) is 12.6. The van der Waals surface area contributed by atoms with Crippen LogP contribution in [0.15, 0.2) is 35.4 Å². The molecule has 1 aromatic carbocycles. The molecule has 0 saturated carbocycles. The molecule has 0 radical (unpaired) electrons. The Balaban J connectivity index is 2.13. The van der Waals surface area contributed by atoms with E-state index in [1.807, 2.05) is 0 Å². The van der Waals surface area contributed by atoms with Gasteiger partial charge in [-0.15, -0.1) is 0 Å². The normalized spacial score (nSPS) is 10.1. The molecule has 0 aliphatic rings. The van der Waals surface area contributed by atoms with Gasteiger partial charge in [-0.25, -0.2) is 4.98 Å². The zero-order valence-electron chi connectivity index (χ0n) is 12.6. The minimum Gasteiger partial charge on any atom is -0.497 e. The summed E-state index contributed by atoms with van der Waals surface area (Å²) in [6.45, 7) is 1.59. The average Bonchev–Trinajstić information content (AvgIpc) is 2.50. The van der Waals surface area contributed by atoms with Gasteiger partial charge in [0.1, 0.15) is 18.0 Å². The molecule has 116 valence electrons. The van der Waals surface area contributed by atoms with E-state index < -0.39 is 0 Å². The number of benzene rings is 1. The molecule has 0 aliphatic carbocycles. The van der Waals surface area contributed by atoms with E-state index in [1.165, 1.54) is 24.1 Å². The second-order valence-electron chi connectivity index (χ2n) is 4.61. The highest BCUT2D eigenvalue weighted by atomic mass is 16.5. The number of aromatic nitrogens is 2. The Morgan fingerprint density at radius 3 is 2.68 bits per heavy atom. The van der Waals surface area contributed by atoms with E-state index in [2.05, 4.69) is 10.3 Å². The van der Waals surface area contributed by atoms with Gasteiger partial charge in [0, 0.05) is 17.8 Å². The van der Waals surface area contributed by atoms with Crippen molar-refractivity contribution < 1.29 is 14.3 Å². The Morgan fingerprint density at radius 2 is 2.05 bits per heavy atom. The average molecular weight is 303 g/mol. The molecule has 1 amide bonds. The Labute approximate surface area is 127 Å². The van der Waals surface area contributed by atoms with E-state index in [0.29, 0.717) is 22.9 Å². The second kappa shape index (κ2) is 6.75. The molecule has 0 unspecified atom stereocenters. The van der Waals surface area contributed by atoms with Gasteiger partial charge in [-0.1, -0.05) is 0 Å².